The third-order valence-corrected chi connectivity index (χ3v) is 6.86. The molecule has 22 heavy (non-hydrogen) atoms. The molecule has 3 saturated carbocycles. The van der Waals surface area contributed by atoms with E-state index < -0.39 is 6.29 Å². The first-order chi connectivity index (χ1) is 10.6. The van der Waals surface area contributed by atoms with Crippen molar-refractivity contribution in [1.29, 1.82) is 0 Å². The highest BCUT2D eigenvalue weighted by Crippen LogP contribution is 2.65. The molecule has 0 N–H and O–H groups in total. The van der Waals surface area contributed by atoms with Gasteiger partial charge in [-0.15, -0.1) is 0 Å². The summed E-state index contributed by atoms with van der Waals surface area (Å²) in [7, 11) is 0. The lowest BCUT2D eigenvalue weighted by Crippen LogP contribution is -2.36. The standard InChI is InChI=1S/C19H32O3/c1-5-12-8-13(6-2)18-15-9-14(17(12)18)10-16(15)19(20)22-11(4)21-7-3/h11-18H,5-10H2,1-4H3. The third kappa shape index (κ3) is 2.60. The first-order valence-electron chi connectivity index (χ1n) is 9.42. The zero-order valence-corrected chi connectivity index (χ0v) is 14.6. The second kappa shape index (κ2) is 6.51. The van der Waals surface area contributed by atoms with Crippen molar-refractivity contribution in [3.05, 3.63) is 0 Å². The van der Waals surface area contributed by atoms with Crippen molar-refractivity contribution < 1.29 is 14.3 Å². The van der Waals surface area contributed by atoms with Gasteiger partial charge < -0.3 is 9.47 Å². The fraction of sp³-hybridized carbons (Fsp3) is 0.947. The van der Waals surface area contributed by atoms with Gasteiger partial charge in [-0.3, -0.25) is 4.79 Å². The Morgan fingerprint density at radius 1 is 1.05 bits per heavy atom. The predicted octanol–water partition coefficient (Wildman–Crippen LogP) is 4.26. The average Bonchev–Trinajstić information content (AvgIpc) is 3.17. The normalized spacial score (nSPS) is 44.1. The highest BCUT2D eigenvalue weighted by molar-refractivity contribution is 5.73. The average molecular weight is 308 g/mol. The van der Waals surface area contributed by atoms with Crippen molar-refractivity contribution in [3.63, 3.8) is 0 Å². The maximum absolute atomic E-state index is 12.6. The largest absolute Gasteiger partial charge is 0.436 e. The van der Waals surface area contributed by atoms with Crippen LogP contribution in [0.4, 0.5) is 0 Å². The van der Waals surface area contributed by atoms with Crippen molar-refractivity contribution in [1.82, 2.24) is 0 Å². The van der Waals surface area contributed by atoms with Gasteiger partial charge in [-0.05, 0) is 68.6 Å². The van der Waals surface area contributed by atoms with Crippen LogP contribution in [0.25, 0.3) is 0 Å². The van der Waals surface area contributed by atoms with Crippen LogP contribution in [0, 0.1) is 41.4 Å². The van der Waals surface area contributed by atoms with E-state index in [0.717, 1.165) is 36.0 Å². The SMILES string of the molecule is CCOC(C)OC(=O)C1CC2CC1C1C(CC)CC(CC)C21. The maximum Gasteiger partial charge on any atom is 0.311 e. The van der Waals surface area contributed by atoms with Gasteiger partial charge in [-0.25, -0.2) is 0 Å². The molecule has 8 unspecified atom stereocenters. The zero-order valence-electron chi connectivity index (χ0n) is 14.6. The topological polar surface area (TPSA) is 35.5 Å². The van der Waals surface area contributed by atoms with Gasteiger partial charge in [-0.1, -0.05) is 26.7 Å². The first-order valence-corrected chi connectivity index (χ1v) is 9.42. The summed E-state index contributed by atoms with van der Waals surface area (Å²) in [6.45, 7) is 9.03. The molecule has 3 fully saturated rings. The van der Waals surface area contributed by atoms with Crippen molar-refractivity contribution >= 4 is 5.97 Å². The van der Waals surface area contributed by atoms with Gasteiger partial charge in [0.15, 0.2) is 6.29 Å². The van der Waals surface area contributed by atoms with Crippen molar-refractivity contribution in [2.24, 2.45) is 41.4 Å². The Labute approximate surface area is 135 Å². The number of carbonyl (C=O) groups excluding carboxylic acids is 1. The van der Waals surface area contributed by atoms with E-state index in [2.05, 4.69) is 13.8 Å². The summed E-state index contributed by atoms with van der Waals surface area (Å²) in [4.78, 5) is 12.6. The molecule has 3 aliphatic carbocycles. The molecular formula is C19H32O3. The Morgan fingerprint density at radius 3 is 2.36 bits per heavy atom. The Balaban J connectivity index is 1.68. The molecular weight excluding hydrogens is 276 g/mol. The van der Waals surface area contributed by atoms with Gasteiger partial charge in [-0.2, -0.15) is 0 Å². The van der Waals surface area contributed by atoms with Gasteiger partial charge in [0.2, 0.25) is 0 Å². The van der Waals surface area contributed by atoms with E-state index in [1.807, 2.05) is 13.8 Å². The quantitative estimate of drug-likeness (QED) is 0.543. The fourth-order valence-electron chi connectivity index (χ4n) is 6.18. The van der Waals surface area contributed by atoms with Crippen LogP contribution >= 0.6 is 0 Å². The minimum absolute atomic E-state index is 0.00158. The number of esters is 1. The van der Waals surface area contributed by atoms with Gasteiger partial charge >= 0.3 is 5.97 Å². The zero-order chi connectivity index (χ0) is 15.9. The molecule has 8 atom stereocenters. The van der Waals surface area contributed by atoms with E-state index in [1.165, 1.54) is 25.7 Å². The molecule has 3 aliphatic rings. The monoisotopic (exact) mass is 308 g/mol. The number of hydrogen-bond donors (Lipinski definition) is 0. The van der Waals surface area contributed by atoms with Crippen LogP contribution < -0.4 is 0 Å². The van der Waals surface area contributed by atoms with Gasteiger partial charge in [0.1, 0.15) is 0 Å². The summed E-state index contributed by atoms with van der Waals surface area (Å²) in [5, 5.41) is 0. The second-order valence-corrected chi connectivity index (χ2v) is 7.69. The smallest absolute Gasteiger partial charge is 0.311 e. The number of carbonyl (C=O) groups is 1. The summed E-state index contributed by atoms with van der Waals surface area (Å²) < 4.78 is 10.9. The van der Waals surface area contributed by atoms with E-state index in [0.29, 0.717) is 12.5 Å². The van der Waals surface area contributed by atoms with Crippen molar-refractivity contribution in [2.75, 3.05) is 6.61 Å². The van der Waals surface area contributed by atoms with Crippen LogP contribution in [0.3, 0.4) is 0 Å². The number of ether oxygens (including phenoxy) is 2. The number of fused-ring (bicyclic) bond motifs is 5. The third-order valence-electron chi connectivity index (χ3n) is 6.86. The molecule has 3 nitrogen and oxygen atoms in total. The van der Waals surface area contributed by atoms with E-state index >= 15 is 0 Å². The van der Waals surface area contributed by atoms with Crippen LogP contribution in [-0.4, -0.2) is 18.9 Å². The highest BCUT2D eigenvalue weighted by atomic mass is 16.7. The number of rotatable bonds is 6. The summed E-state index contributed by atoms with van der Waals surface area (Å²) >= 11 is 0. The molecule has 0 saturated heterocycles. The first kappa shape index (κ1) is 16.3. The Hall–Kier alpha value is -0.570. The summed E-state index contributed by atoms with van der Waals surface area (Å²) in [6, 6.07) is 0. The van der Waals surface area contributed by atoms with Crippen LogP contribution in [0.15, 0.2) is 0 Å². The molecule has 0 aromatic rings. The molecule has 3 heteroatoms. The predicted molar refractivity (Wildman–Crippen MR) is 86.0 cm³/mol. The summed E-state index contributed by atoms with van der Waals surface area (Å²) in [5.74, 6) is 4.92. The molecule has 2 bridgehead atoms. The van der Waals surface area contributed by atoms with Crippen molar-refractivity contribution in [2.45, 2.75) is 66.1 Å². The Morgan fingerprint density at radius 2 is 1.73 bits per heavy atom. The lowest BCUT2D eigenvalue weighted by molar-refractivity contribution is -0.181. The summed E-state index contributed by atoms with van der Waals surface area (Å²) in [5.41, 5.74) is 0. The minimum Gasteiger partial charge on any atom is -0.436 e. The maximum atomic E-state index is 12.6. The highest BCUT2D eigenvalue weighted by Gasteiger charge is 2.61. The van der Waals surface area contributed by atoms with E-state index in [4.69, 9.17) is 9.47 Å². The van der Waals surface area contributed by atoms with Crippen LogP contribution in [-0.2, 0) is 14.3 Å². The molecule has 3 rings (SSSR count). The molecule has 0 spiro atoms. The van der Waals surface area contributed by atoms with Crippen LogP contribution in [0.2, 0.25) is 0 Å². The van der Waals surface area contributed by atoms with E-state index in [9.17, 15) is 4.79 Å². The molecule has 0 aromatic carbocycles. The fourth-order valence-corrected chi connectivity index (χ4v) is 6.18. The molecule has 0 radical (unpaired) electrons. The minimum atomic E-state index is -0.402. The van der Waals surface area contributed by atoms with Gasteiger partial charge in [0.25, 0.3) is 0 Å². The molecule has 126 valence electrons. The number of hydrogen-bond acceptors (Lipinski definition) is 3. The second-order valence-electron chi connectivity index (χ2n) is 7.69. The van der Waals surface area contributed by atoms with E-state index in [1.54, 1.807) is 0 Å². The van der Waals surface area contributed by atoms with Crippen LogP contribution in [0.5, 0.6) is 0 Å². The Kier molecular flexibility index (Phi) is 4.82. The van der Waals surface area contributed by atoms with Crippen molar-refractivity contribution in [3.8, 4) is 0 Å². The molecule has 0 aliphatic heterocycles. The lowest BCUT2D eigenvalue weighted by Gasteiger charge is -2.35. The molecule has 0 aromatic heterocycles. The van der Waals surface area contributed by atoms with E-state index in [-0.39, 0.29) is 11.9 Å². The van der Waals surface area contributed by atoms with Gasteiger partial charge in [0, 0.05) is 6.61 Å². The Bertz CT molecular complexity index is 407. The van der Waals surface area contributed by atoms with Gasteiger partial charge in [0.05, 0.1) is 5.92 Å². The molecule has 0 heterocycles. The molecule has 0 amide bonds. The summed E-state index contributed by atoms with van der Waals surface area (Å²) in [6.07, 6.45) is 5.92. The van der Waals surface area contributed by atoms with Crippen LogP contribution in [0.1, 0.15) is 59.8 Å². The lowest BCUT2D eigenvalue weighted by atomic mass is 9.70.